The van der Waals surface area contributed by atoms with Crippen molar-refractivity contribution < 1.29 is 5.11 Å². The topological polar surface area (TPSA) is 59.7 Å². The first-order valence-electron chi connectivity index (χ1n) is 8.41. The first-order chi connectivity index (χ1) is 11.6. The molecule has 0 spiro atoms. The van der Waals surface area contributed by atoms with Crippen LogP contribution in [0.15, 0.2) is 59.7 Å². The minimum absolute atomic E-state index is 0. The maximum Gasteiger partial charge on any atom is 0.124 e. The molecule has 1 atom stereocenters. The van der Waals surface area contributed by atoms with E-state index in [4.69, 9.17) is 5.41 Å². The van der Waals surface area contributed by atoms with Gasteiger partial charge in [0.2, 0.25) is 0 Å². The number of para-hydroxylation sites is 1. The molecule has 3 rings (SSSR count). The molecule has 2 aromatic rings. The third-order valence-corrected chi connectivity index (χ3v) is 4.36. The van der Waals surface area contributed by atoms with Crippen molar-refractivity contribution in [2.24, 2.45) is 11.0 Å². The minimum Gasteiger partial charge on any atom is -0.507 e. The maximum absolute atomic E-state index is 10.0. The lowest BCUT2D eigenvalue weighted by atomic mass is 9.98. The fourth-order valence-corrected chi connectivity index (χ4v) is 3.03. The number of phenols is 1. The number of nitrogens with one attached hydrogen (secondary N) is 1. The molecule has 25 heavy (non-hydrogen) atoms. The van der Waals surface area contributed by atoms with Gasteiger partial charge in [-0.1, -0.05) is 49.4 Å². The average molecular weight is 358 g/mol. The normalized spacial score (nSPS) is 16.3. The highest BCUT2D eigenvalue weighted by Crippen LogP contribution is 2.26. The van der Waals surface area contributed by atoms with Crippen molar-refractivity contribution in [2.45, 2.75) is 26.2 Å². The van der Waals surface area contributed by atoms with Crippen molar-refractivity contribution in [2.75, 3.05) is 6.54 Å². The van der Waals surface area contributed by atoms with Crippen molar-refractivity contribution in [1.29, 1.82) is 5.41 Å². The Labute approximate surface area is 155 Å². The summed E-state index contributed by atoms with van der Waals surface area (Å²) in [5, 5.41) is 24.7. The lowest BCUT2D eigenvalue weighted by Gasteiger charge is -2.15. The summed E-state index contributed by atoms with van der Waals surface area (Å²) in [5.41, 5.74) is 2.93. The highest BCUT2D eigenvalue weighted by molar-refractivity contribution is 6.06. The number of halogens is 1. The van der Waals surface area contributed by atoms with Gasteiger partial charge in [0.1, 0.15) is 11.6 Å². The first kappa shape index (κ1) is 19.0. The predicted molar refractivity (Wildman–Crippen MR) is 105 cm³/mol. The number of aromatic hydroxyl groups is 1. The largest absolute Gasteiger partial charge is 0.507 e. The number of hydrogen-bond donors (Lipinski definition) is 2. The number of benzene rings is 2. The third kappa shape index (κ3) is 4.60. The van der Waals surface area contributed by atoms with Crippen LogP contribution >= 0.6 is 12.4 Å². The Hall–Kier alpha value is -2.33. The molecule has 0 saturated heterocycles. The molecule has 2 aromatic carbocycles. The molecule has 0 saturated carbocycles. The molecule has 2 N–H and O–H groups in total. The average Bonchev–Trinajstić information content (AvgIpc) is 2.98. The smallest absolute Gasteiger partial charge is 0.124 e. The first-order valence-corrected chi connectivity index (χ1v) is 8.41. The number of hydrogen-bond acceptors (Lipinski definition) is 3. The van der Waals surface area contributed by atoms with Crippen LogP contribution in [0.4, 0.5) is 0 Å². The Morgan fingerprint density at radius 2 is 1.84 bits per heavy atom. The standard InChI is InChI=1S/C20H23N3O.ClH/c1-15-14-23(22-20(15)17-11-5-6-12-18(17)24)19(21)13-7-10-16-8-3-2-4-9-16;/h2-6,8-9,11-12,15,21,24H,7,10,13-14H2,1H3;1H. The quantitative estimate of drug-likeness (QED) is 0.612. The molecule has 0 radical (unpaired) electrons. The summed E-state index contributed by atoms with van der Waals surface area (Å²) in [6, 6.07) is 17.6. The number of hydrazone groups is 1. The number of nitrogens with zero attached hydrogens (tertiary/aromatic N) is 2. The lowest BCUT2D eigenvalue weighted by molar-refractivity contribution is 0.441. The number of phenolic OH excluding ortho intramolecular Hbond substituents is 1. The van der Waals surface area contributed by atoms with E-state index in [-0.39, 0.29) is 24.1 Å². The molecule has 1 heterocycles. The van der Waals surface area contributed by atoms with Gasteiger partial charge in [0, 0.05) is 17.9 Å². The van der Waals surface area contributed by atoms with Crippen LogP contribution in [0.5, 0.6) is 5.75 Å². The van der Waals surface area contributed by atoms with Crippen molar-refractivity contribution >= 4 is 24.0 Å². The predicted octanol–water partition coefficient (Wildman–Crippen LogP) is 4.47. The summed E-state index contributed by atoms with van der Waals surface area (Å²) >= 11 is 0. The molecule has 0 fully saturated rings. The van der Waals surface area contributed by atoms with Gasteiger partial charge in [-0.05, 0) is 30.5 Å². The van der Waals surface area contributed by atoms with Gasteiger partial charge in [-0.15, -0.1) is 12.4 Å². The van der Waals surface area contributed by atoms with Gasteiger partial charge in [-0.3, -0.25) is 10.4 Å². The van der Waals surface area contributed by atoms with Crippen LogP contribution in [0.2, 0.25) is 0 Å². The molecule has 1 aliphatic rings. The van der Waals surface area contributed by atoms with Crippen LogP contribution in [-0.4, -0.2) is 28.2 Å². The molecular weight excluding hydrogens is 334 g/mol. The Bertz CT molecular complexity index is 746. The summed E-state index contributed by atoms with van der Waals surface area (Å²) in [4.78, 5) is 0. The van der Waals surface area contributed by atoms with Crippen molar-refractivity contribution in [3.8, 4) is 5.75 Å². The zero-order chi connectivity index (χ0) is 16.9. The number of aryl methyl sites for hydroxylation is 1. The minimum atomic E-state index is 0. The van der Waals surface area contributed by atoms with Crippen LogP contribution in [0.25, 0.3) is 0 Å². The van der Waals surface area contributed by atoms with E-state index >= 15 is 0 Å². The molecule has 0 aromatic heterocycles. The molecule has 5 heteroatoms. The summed E-state index contributed by atoms with van der Waals surface area (Å²) < 4.78 is 0. The SMILES string of the molecule is CC1CN(C(=N)CCCc2ccccc2)N=C1c1ccccc1O.Cl. The van der Waals surface area contributed by atoms with Crippen molar-refractivity contribution in [3.63, 3.8) is 0 Å². The summed E-state index contributed by atoms with van der Waals surface area (Å²) in [7, 11) is 0. The van der Waals surface area contributed by atoms with Gasteiger partial charge in [0.25, 0.3) is 0 Å². The fraction of sp³-hybridized carbons (Fsp3) is 0.300. The van der Waals surface area contributed by atoms with E-state index in [1.165, 1.54) is 5.56 Å². The molecular formula is C20H24ClN3O. The Kier molecular flexibility index (Phi) is 6.59. The van der Waals surface area contributed by atoms with Gasteiger partial charge in [0.05, 0.1) is 12.3 Å². The van der Waals surface area contributed by atoms with Gasteiger partial charge >= 0.3 is 0 Å². The van der Waals surface area contributed by atoms with Crippen molar-refractivity contribution in [1.82, 2.24) is 5.01 Å². The second-order valence-electron chi connectivity index (χ2n) is 6.27. The summed E-state index contributed by atoms with van der Waals surface area (Å²) in [6.07, 6.45) is 2.62. The molecule has 1 aliphatic heterocycles. The molecule has 0 amide bonds. The van der Waals surface area contributed by atoms with Crippen LogP contribution in [-0.2, 0) is 6.42 Å². The molecule has 4 nitrogen and oxygen atoms in total. The third-order valence-electron chi connectivity index (χ3n) is 4.36. The molecule has 0 aliphatic carbocycles. The van der Waals surface area contributed by atoms with E-state index in [0.29, 0.717) is 18.8 Å². The maximum atomic E-state index is 10.0. The van der Waals surface area contributed by atoms with E-state index in [2.05, 4.69) is 24.2 Å². The molecule has 132 valence electrons. The lowest BCUT2D eigenvalue weighted by Crippen LogP contribution is -2.24. The van der Waals surface area contributed by atoms with E-state index < -0.39 is 0 Å². The zero-order valence-corrected chi connectivity index (χ0v) is 15.2. The highest BCUT2D eigenvalue weighted by Gasteiger charge is 2.27. The van der Waals surface area contributed by atoms with E-state index in [1.807, 2.05) is 36.4 Å². The number of amidine groups is 1. The van der Waals surface area contributed by atoms with Crippen LogP contribution in [0, 0.1) is 11.3 Å². The zero-order valence-electron chi connectivity index (χ0n) is 14.4. The van der Waals surface area contributed by atoms with Gasteiger partial charge in [-0.25, -0.2) is 0 Å². The van der Waals surface area contributed by atoms with E-state index in [0.717, 1.165) is 24.1 Å². The van der Waals surface area contributed by atoms with Crippen molar-refractivity contribution in [3.05, 3.63) is 65.7 Å². The molecule has 1 unspecified atom stereocenters. The van der Waals surface area contributed by atoms with Crippen LogP contribution in [0.3, 0.4) is 0 Å². The summed E-state index contributed by atoms with van der Waals surface area (Å²) in [5.74, 6) is 0.997. The molecule has 0 bridgehead atoms. The van der Waals surface area contributed by atoms with E-state index in [9.17, 15) is 5.11 Å². The Morgan fingerprint density at radius 1 is 1.16 bits per heavy atom. The van der Waals surface area contributed by atoms with Gasteiger partial charge in [0.15, 0.2) is 0 Å². The summed E-state index contributed by atoms with van der Waals surface area (Å²) in [6.45, 7) is 2.79. The Morgan fingerprint density at radius 3 is 2.56 bits per heavy atom. The number of rotatable bonds is 5. The van der Waals surface area contributed by atoms with Gasteiger partial charge < -0.3 is 5.11 Å². The second-order valence-corrected chi connectivity index (χ2v) is 6.27. The van der Waals surface area contributed by atoms with Crippen LogP contribution in [0.1, 0.15) is 30.9 Å². The van der Waals surface area contributed by atoms with Crippen LogP contribution < -0.4 is 0 Å². The monoisotopic (exact) mass is 357 g/mol. The van der Waals surface area contributed by atoms with E-state index in [1.54, 1.807) is 11.1 Å². The fourth-order valence-electron chi connectivity index (χ4n) is 3.03. The highest BCUT2D eigenvalue weighted by atomic mass is 35.5. The Balaban J connectivity index is 0.00000225. The second kappa shape index (κ2) is 8.67. The van der Waals surface area contributed by atoms with Gasteiger partial charge in [-0.2, -0.15) is 5.10 Å².